The lowest BCUT2D eigenvalue weighted by atomic mass is 9.96. The Morgan fingerprint density at radius 1 is 1.18 bits per heavy atom. The third kappa shape index (κ3) is 5.81. The topological polar surface area (TPSA) is 75.5 Å². The van der Waals surface area contributed by atoms with Gasteiger partial charge in [-0.05, 0) is 46.0 Å². The van der Waals surface area contributed by atoms with Crippen LogP contribution < -0.4 is 10.1 Å². The van der Waals surface area contributed by atoms with E-state index in [9.17, 15) is 4.79 Å². The van der Waals surface area contributed by atoms with Crippen LogP contribution in [0.15, 0.2) is 30.3 Å². The largest absolute Gasteiger partial charge is 0.496 e. The first kappa shape index (κ1) is 23.4. The number of carbonyl (C=O) groups is 1. The van der Waals surface area contributed by atoms with Crippen LogP contribution >= 0.6 is 0 Å². The van der Waals surface area contributed by atoms with E-state index in [1.807, 2.05) is 25.1 Å². The molecule has 0 saturated carbocycles. The fraction of sp³-hybridized carbons (Fsp3) is 0.560. The predicted molar refractivity (Wildman–Crippen MR) is 129 cm³/mol. The molecule has 0 spiro atoms. The number of amides is 1. The molecule has 0 unspecified atom stereocenters. The maximum Gasteiger partial charge on any atom is 0.223 e. The number of hydrogen-bond donors (Lipinski definition) is 1. The lowest BCUT2D eigenvalue weighted by Crippen LogP contribution is -2.40. The Bertz CT molecular complexity index is 964. The van der Waals surface area contributed by atoms with E-state index < -0.39 is 0 Å². The van der Waals surface area contributed by atoms with Crippen molar-refractivity contribution in [3.8, 4) is 5.75 Å². The SMILES string of the molecule is COc1ccccc1/C=C/CN1CCc2nnc([C@@H](C)NC(=O)C3CCN(C)CC3)n2CC1. The first-order valence-electron chi connectivity index (χ1n) is 12.0. The summed E-state index contributed by atoms with van der Waals surface area (Å²) < 4.78 is 7.63. The van der Waals surface area contributed by atoms with E-state index in [4.69, 9.17) is 4.74 Å². The van der Waals surface area contributed by atoms with Gasteiger partial charge in [0.05, 0.1) is 13.2 Å². The first-order chi connectivity index (χ1) is 16.0. The van der Waals surface area contributed by atoms with Crippen molar-refractivity contribution in [2.45, 2.75) is 38.8 Å². The summed E-state index contributed by atoms with van der Waals surface area (Å²) in [6, 6.07) is 7.90. The molecule has 1 fully saturated rings. The number of methoxy groups -OCH3 is 1. The molecule has 1 atom stereocenters. The van der Waals surface area contributed by atoms with Crippen LogP contribution in [0.3, 0.4) is 0 Å². The van der Waals surface area contributed by atoms with Crippen molar-refractivity contribution >= 4 is 12.0 Å². The van der Waals surface area contributed by atoms with Crippen LogP contribution in [0.25, 0.3) is 6.08 Å². The Hall–Kier alpha value is -2.71. The number of likely N-dealkylation sites (tertiary alicyclic amines) is 1. The molecule has 1 saturated heterocycles. The minimum atomic E-state index is -0.143. The molecule has 1 N–H and O–H groups in total. The number of carbonyl (C=O) groups excluding carboxylic acids is 1. The van der Waals surface area contributed by atoms with E-state index in [0.29, 0.717) is 0 Å². The Morgan fingerprint density at radius 2 is 1.97 bits per heavy atom. The highest BCUT2D eigenvalue weighted by molar-refractivity contribution is 5.79. The van der Waals surface area contributed by atoms with Crippen LogP contribution in [0.2, 0.25) is 0 Å². The van der Waals surface area contributed by atoms with Gasteiger partial charge in [0.1, 0.15) is 11.6 Å². The molecule has 1 amide bonds. The number of fused-ring (bicyclic) bond motifs is 1. The van der Waals surface area contributed by atoms with Crippen molar-refractivity contribution in [2.24, 2.45) is 5.92 Å². The smallest absolute Gasteiger partial charge is 0.223 e. The second-order valence-corrected chi connectivity index (χ2v) is 9.13. The van der Waals surface area contributed by atoms with Gasteiger partial charge in [-0.1, -0.05) is 30.4 Å². The molecule has 4 rings (SSSR count). The van der Waals surface area contributed by atoms with Crippen LogP contribution in [0.4, 0.5) is 0 Å². The van der Waals surface area contributed by atoms with Crippen LogP contribution in [0.1, 0.15) is 43.0 Å². The molecular formula is C25H36N6O2. The van der Waals surface area contributed by atoms with E-state index >= 15 is 0 Å². The highest BCUT2D eigenvalue weighted by Gasteiger charge is 2.27. The van der Waals surface area contributed by atoms with E-state index in [2.05, 4.69) is 55.1 Å². The maximum absolute atomic E-state index is 12.8. The van der Waals surface area contributed by atoms with Gasteiger partial charge in [-0.2, -0.15) is 0 Å². The number of benzene rings is 1. The average Bonchev–Trinajstić information content (AvgIpc) is 3.13. The van der Waals surface area contributed by atoms with Gasteiger partial charge in [0.25, 0.3) is 0 Å². The average molecular weight is 453 g/mol. The lowest BCUT2D eigenvalue weighted by Gasteiger charge is -2.29. The number of aromatic nitrogens is 3. The van der Waals surface area contributed by atoms with Crippen molar-refractivity contribution in [3.05, 3.63) is 47.6 Å². The zero-order valence-electron chi connectivity index (χ0n) is 20.0. The molecule has 0 bridgehead atoms. The molecule has 0 radical (unpaired) electrons. The van der Waals surface area contributed by atoms with Crippen LogP contribution in [0.5, 0.6) is 5.75 Å². The van der Waals surface area contributed by atoms with Gasteiger partial charge in [-0.3, -0.25) is 9.69 Å². The van der Waals surface area contributed by atoms with Crippen molar-refractivity contribution in [3.63, 3.8) is 0 Å². The Kier molecular flexibility index (Phi) is 7.77. The number of nitrogens with zero attached hydrogens (tertiary/aromatic N) is 5. The molecule has 33 heavy (non-hydrogen) atoms. The molecule has 3 heterocycles. The first-order valence-corrected chi connectivity index (χ1v) is 12.0. The number of ether oxygens (including phenoxy) is 1. The second-order valence-electron chi connectivity index (χ2n) is 9.13. The lowest BCUT2D eigenvalue weighted by molar-refractivity contribution is -0.127. The van der Waals surface area contributed by atoms with Gasteiger partial charge in [0.15, 0.2) is 5.82 Å². The molecule has 178 valence electrons. The van der Waals surface area contributed by atoms with Gasteiger partial charge in [0, 0.05) is 44.1 Å². The molecule has 0 aliphatic carbocycles. The molecule has 2 aliphatic heterocycles. The molecule has 2 aromatic rings. The van der Waals surface area contributed by atoms with Gasteiger partial charge < -0.3 is 19.5 Å². The fourth-order valence-electron chi connectivity index (χ4n) is 4.69. The summed E-state index contributed by atoms with van der Waals surface area (Å²) in [6.45, 7) is 7.53. The minimum Gasteiger partial charge on any atom is -0.496 e. The summed E-state index contributed by atoms with van der Waals surface area (Å²) in [4.78, 5) is 17.5. The normalized spacial score (nSPS) is 19.2. The minimum absolute atomic E-state index is 0.0979. The monoisotopic (exact) mass is 452 g/mol. The predicted octanol–water partition coefficient (Wildman–Crippen LogP) is 2.38. The van der Waals surface area contributed by atoms with Gasteiger partial charge in [-0.15, -0.1) is 10.2 Å². The number of hydrogen-bond acceptors (Lipinski definition) is 6. The molecule has 1 aromatic carbocycles. The van der Waals surface area contributed by atoms with Crippen molar-refractivity contribution in [2.75, 3.05) is 46.9 Å². The third-order valence-corrected chi connectivity index (χ3v) is 6.78. The molecule has 8 nitrogen and oxygen atoms in total. The molecule has 8 heteroatoms. The van der Waals surface area contributed by atoms with E-state index in [-0.39, 0.29) is 17.9 Å². The number of piperidine rings is 1. The highest BCUT2D eigenvalue weighted by atomic mass is 16.5. The summed E-state index contributed by atoms with van der Waals surface area (Å²) in [5.41, 5.74) is 1.09. The van der Waals surface area contributed by atoms with Crippen molar-refractivity contribution in [1.82, 2.24) is 29.9 Å². The van der Waals surface area contributed by atoms with E-state index in [1.165, 1.54) is 0 Å². The zero-order valence-corrected chi connectivity index (χ0v) is 20.0. The molecular weight excluding hydrogens is 416 g/mol. The molecule has 1 aromatic heterocycles. The number of para-hydroxylation sites is 1. The van der Waals surface area contributed by atoms with Crippen LogP contribution in [-0.4, -0.2) is 77.4 Å². The summed E-state index contributed by atoms with van der Waals surface area (Å²) in [7, 11) is 3.81. The summed E-state index contributed by atoms with van der Waals surface area (Å²) in [5, 5.41) is 12.1. The van der Waals surface area contributed by atoms with Gasteiger partial charge in [0.2, 0.25) is 5.91 Å². The summed E-state index contributed by atoms with van der Waals surface area (Å²) >= 11 is 0. The Balaban J connectivity index is 1.32. The number of nitrogens with one attached hydrogen (secondary N) is 1. The van der Waals surface area contributed by atoms with E-state index in [1.54, 1.807) is 7.11 Å². The maximum atomic E-state index is 12.8. The fourth-order valence-corrected chi connectivity index (χ4v) is 4.69. The number of rotatable bonds is 7. The van der Waals surface area contributed by atoms with Crippen molar-refractivity contribution in [1.29, 1.82) is 0 Å². The second kappa shape index (κ2) is 10.9. The van der Waals surface area contributed by atoms with Gasteiger partial charge >= 0.3 is 0 Å². The Labute approximate surface area is 196 Å². The van der Waals surface area contributed by atoms with Crippen LogP contribution in [-0.2, 0) is 17.8 Å². The quantitative estimate of drug-likeness (QED) is 0.695. The van der Waals surface area contributed by atoms with Crippen LogP contribution in [0, 0.1) is 5.92 Å². The summed E-state index contributed by atoms with van der Waals surface area (Å²) in [5.74, 6) is 2.99. The zero-order chi connectivity index (χ0) is 23.2. The standard InChI is InChI=1S/C25H36N6O2/c1-19(26-25(32)21-10-14-29(2)15-11-21)24-28-27-23-12-16-30(17-18-31(23)24)13-6-8-20-7-4-5-9-22(20)33-3/h4-9,19,21H,10-18H2,1-3H3,(H,26,32)/b8-6+/t19-/m1/s1. The third-order valence-electron chi connectivity index (χ3n) is 6.78. The summed E-state index contributed by atoms with van der Waals surface area (Å²) in [6.07, 6.45) is 7.01. The van der Waals surface area contributed by atoms with Crippen molar-refractivity contribution < 1.29 is 9.53 Å². The van der Waals surface area contributed by atoms with Gasteiger partial charge in [-0.25, -0.2) is 0 Å². The molecule has 2 aliphatic rings. The van der Waals surface area contributed by atoms with E-state index in [0.717, 1.165) is 81.5 Å². The highest BCUT2D eigenvalue weighted by Crippen LogP contribution is 2.21. The Morgan fingerprint density at radius 3 is 2.76 bits per heavy atom.